The predicted octanol–water partition coefficient (Wildman–Crippen LogP) is 4.00. The maximum Gasteiger partial charge on any atom is 0.245 e. The summed E-state index contributed by atoms with van der Waals surface area (Å²) in [6.45, 7) is 7.92. The van der Waals surface area contributed by atoms with Crippen molar-refractivity contribution in [1.29, 1.82) is 0 Å². The number of pyridine rings is 1. The summed E-state index contributed by atoms with van der Waals surface area (Å²) < 4.78 is 5.55. The van der Waals surface area contributed by atoms with Crippen molar-refractivity contribution in [3.05, 3.63) is 59.4 Å². The third kappa shape index (κ3) is 5.30. The molecule has 0 spiro atoms. The lowest BCUT2D eigenvalue weighted by atomic mass is 9.80. The number of aryl methyl sites for hydroxylation is 2. The molecule has 1 saturated heterocycles. The van der Waals surface area contributed by atoms with E-state index in [-0.39, 0.29) is 11.9 Å². The largest absolute Gasteiger partial charge is 0.379 e. The third-order valence-corrected chi connectivity index (χ3v) is 7.00. The van der Waals surface area contributed by atoms with Crippen molar-refractivity contribution in [2.24, 2.45) is 0 Å². The molecule has 172 valence electrons. The van der Waals surface area contributed by atoms with Crippen LogP contribution in [0.2, 0.25) is 0 Å². The lowest BCUT2D eigenvalue weighted by Gasteiger charge is -2.39. The Hall–Kier alpha value is -2.44. The fourth-order valence-corrected chi connectivity index (χ4v) is 4.90. The van der Waals surface area contributed by atoms with Crippen LogP contribution in [0.4, 0.5) is 5.69 Å². The number of anilines is 1. The van der Waals surface area contributed by atoms with E-state index in [9.17, 15) is 4.79 Å². The monoisotopic (exact) mass is 436 g/mol. The highest BCUT2D eigenvalue weighted by molar-refractivity contribution is 5.89. The molecule has 1 aliphatic carbocycles. The maximum absolute atomic E-state index is 13.7. The van der Waals surface area contributed by atoms with Gasteiger partial charge in [-0.3, -0.25) is 14.7 Å². The number of carbonyl (C=O) groups excluding carboxylic acids is 1. The van der Waals surface area contributed by atoms with Gasteiger partial charge < -0.3 is 15.4 Å². The highest BCUT2D eigenvalue weighted by Crippen LogP contribution is 2.33. The Labute approximate surface area is 191 Å². The van der Waals surface area contributed by atoms with Crippen LogP contribution < -0.4 is 10.6 Å². The summed E-state index contributed by atoms with van der Waals surface area (Å²) in [4.78, 5) is 20.6. The quantitative estimate of drug-likeness (QED) is 0.687. The van der Waals surface area contributed by atoms with E-state index in [1.165, 1.54) is 17.5 Å². The highest BCUT2D eigenvalue weighted by Gasteiger charge is 2.40. The molecule has 1 aromatic heterocycles. The molecule has 6 heteroatoms. The Morgan fingerprint density at radius 1 is 1.09 bits per heavy atom. The van der Waals surface area contributed by atoms with Crippen molar-refractivity contribution < 1.29 is 9.53 Å². The fraction of sp³-hybridized carbons (Fsp3) is 0.538. The molecular formula is C26H36N4O2. The van der Waals surface area contributed by atoms with E-state index in [0.717, 1.165) is 63.4 Å². The first-order chi connectivity index (χ1) is 15.6. The van der Waals surface area contributed by atoms with Crippen molar-refractivity contribution in [3.63, 3.8) is 0 Å². The Morgan fingerprint density at radius 3 is 2.56 bits per heavy atom. The number of nitrogens with one attached hydrogen (secondary N) is 2. The van der Waals surface area contributed by atoms with Crippen LogP contribution in [0.25, 0.3) is 0 Å². The van der Waals surface area contributed by atoms with Crippen LogP contribution in [0.1, 0.15) is 55.0 Å². The standard InChI is InChI=1S/C26H36N4O2/c1-20-9-10-22(18-21(20)2)29-26(11-5-3-6-12-26)25(31)28-19-24(23-8-4-7-13-27-23)30-14-16-32-17-15-30/h4,7-10,13,18,24,29H,3,5-6,11-12,14-17,19H2,1-2H3,(H,28,31). The zero-order valence-electron chi connectivity index (χ0n) is 19.4. The Balaban J connectivity index is 1.50. The number of hydrogen-bond acceptors (Lipinski definition) is 5. The van der Waals surface area contributed by atoms with E-state index in [1.807, 2.05) is 18.3 Å². The number of nitrogens with zero attached hydrogens (tertiary/aromatic N) is 2. The average molecular weight is 437 g/mol. The average Bonchev–Trinajstić information content (AvgIpc) is 2.83. The smallest absolute Gasteiger partial charge is 0.245 e. The van der Waals surface area contributed by atoms with Gasteiger partial charge in [0.15, 0.2) is 0 Å². The van der Waals surface area contributed by atoms with Crippen LogP contribution in [0.15, 0.2) is 42.6 Å². The van der Waals surface area contributed by atoms with Gasteiger partial charge in [-0.25, -0.2) is 0 Å². The Kier molecular flexibility index (Phi) is 7.43. The first kappa shape index (κ1) is 22.7. The maximum atomic E-state index is 13.7. The molecule has 2 aliphatic rings. The summed E-state index contributed by atoms with van der Waals surface area (Å²) in [5.74, 6) is 0.101. The molecule has 1 atom stereocenters. The number of rotatable bonds is 7. The van der Waals surface area contributed by atoms with Crippen LogP contribution in [0.5, 0.6) is 0 Å². The second-order valence-electron chi connectivity index (χ2n) is 9.20. The van der Waals surface area contributed by atoms with Crippen molar-refractivity contribution in [3.8, 4) is 0 Å². The van der Waals surface area contributed by atoms with Crippen molar-refractivity contribution in [1.82, 2.24) is 15.2 Å². The van der Waals surface area contributed by atoms with E-state index in [0.29, 0.717) is 6.54 Å². The molecule has 2 N–H and O–H groups in total. The molecule has 4 rings (SSSR count). The van der Waals surface area contributed by atoms with Gasteiger partial charge in [-0.1, -0.05) is 31.4 Å². The number of carbonyl (C=O) groups is 1. The molecular weight excluding hydrogens is 400 g/mol. The van der Waals surface area contributed by atoms with Crippen molar-refractivity contribution in [2.45, 2.75) is 57.5 Å². The topological polar surface area (TPSA) is 66.5 Å². The number of amides is 1. The molecule has 0 radical (unpaired) electrons. The van der Waals surface area contributed by atoms with Gasteiger partial charge in [0.25, 0.3) is 0 Å². The van der Waals surface area contributed by atoms with Crippen LogP contribution in [0.3, 0.4) is 0 Å². The van der Waals surface area contributed by atoms with Crippen LogP contribution >= 0.6 is 0 Å². The number of benzene rings is 1. The number of ether oxygens (including phenoxy) is 1. The van der Waals surface area contributed by atoms with Crippen LogP contribution in [0, 0.1) is 13.8 Å². The van der Waals surface area contributed by atoms with E-state index in [1.54, 1.807) is 0 Å². The molecule has 2 heterocycles. The van der Waals surface area contributed by atoms with Gasteiger partial charge in [0.2, 0.25) is 5.91 Å². The zero-order valence-corrected chi connectivity index (χ0v) is 19.4. The van der Waals surface area contributed by atoms with Crippen LogP contribution in [-0.2, 0) is 9.53 Å². The van der Waals surface area contributed by atoms with E-state index >= 15 is 0 Å². The number of aromatic nitrogens is 1. The minimum Gasteiger partial charge on any atom is -0.379 e. The van der Waals surface area contributed by atoms with Crippen molar-refractivity contribution in [2.75, 3.05) is 38.2 Å². The van der Waals surface area contributed by atoms with E-state index in [2.05, 4.69) is 58.6 Å². The molecule has 1 unspecified atom stereocenters. The minimum absolute atomic E-state index is 0.0475. The SMILES string of the molecule is Cc1ccc(NC2(C(=O)NCC(c3ccccn3)N3CCOCC3)CCCCC2)cc1C. The molecule has 1 amide bonds. The molecule has 1 aliphatic heterocycles. The summed E-state index contributed by atoms with van der Waals surface area (Å²) in [6, 6.07) is 12.4. The summed E-state index contributed by atoms with van der Waals surface area (Å²) in [7, 11) is 0. The van der Waals surface area contributed by atoms with Gasteiger partial charge in [0, 0.05) is 31.5 Å². The van der Waals surface area contributed by atoms with Gasteiger partial charge in [0.05, 0.1) is 24.9 Å². The molecule has 32 heavy (non-hydrogen) atoms. The molecule has 0 bridgehead atoms. The molecule has 2 fully saturated rings. The molecule has 6 nitrogen and oxygen atoms in total. The fourth-order valence-electron chi connectivity index (χ4n) is 4.90. The lowest BCUT2D eigenvalue weighted by molar-refractivity contribution is -0.127. The summed E-state index contributed by atoms with van der Waals surface area (Å²) in [5.41, 5.74) is 3.97. The summed E-state index contributed by atoms with van der Waals surface area (Å²) >= 11 is 0. The van der Waals surface area contributed by atoms with Gasteiger partial charge in [-0.05, 0) is 62.1 Å². The highest BCUT2D eigenvalue weighted by atomic mass is 16.5. The summed E-state index contributed by atoms with van der Waals surface area (Å²) in [5, 5.41) is 6.96. The van der Waals surface area contributed by atoms with Crippen LogP contribution in [-0.4, -0.2) is 54.2 Å². The van der Waals surface area contributed by atoms with Gasteiger partial charge in [-0.2, -0.15) is 0 Å². The Bertz CT molecular complexity index is 890. The summed E-state index contributed by atoms with van der Waals surface area (Å²) in [6.07, 6.45) is 6.87. The predicted molar refractivity (Wildman–Crippen MR) is 128 cm³/mol. The molecule has 1 aromatic carbocycles. The first-order valence-electron chi connectivity index (χ1n) is 11.9. The zero-order chi connectivity index (χ0) is 22.4. The third-order valence-electron chi connectivity index (χ3n) is 7.00. The molecule has 2 aromatic rings. The van der Waals surface area contributed by atoms with Crippen molar-refractivity contribution >= 4 is 11.6 Å². The van der Waals surface area contributed by atoms with E-state index in [4.69, 9.17) is 4.74 Å². The molecule has 1 saturated carbocycles. The first-order valence-corrected chi connectivity index (χ1v) is 11.9. The second-order valence-corrected chi connectivity index (χ2v) is 9.20. The van der Waals surface area contributed by atoms with E-state index < -0.39 is 5.54 Å². The number of hydrogen-bond donors (Lipinski definition) is 2. The Morgan fingerprint density at radius 2 is 1.88 bits per heavy atom. The minimum atomic E-state index is -0.556. The second kappa shape index (κ2) is 10.5. The van der Waals surface area contributed by atoms with Gasteiger partial charge in [0.1, 0.15) is 5.54 Å². The van der Waals surface area contributed by atoms with Gasteiger partial charge >= 0.3 is 0 Å². The number of morpholine rings is 1. The van der Waals surface area contributed by atoms with Gasteiger partial charge in [-0.15, -0.1) is 0 Å². The normalized spacial score (nSPS) is 19.8. The lowest BCUT2D eigenvalue weighted by Crippen LogP contribution is -2.55.